The molecule has 0 aromatic rings. The maximum atomic E-state index is 11.5. The van der Waals surface area contributed by atoms with E-state index in [2.05, 4.69) is 0 Å². The van der Waals surface area contributed by atoms with E-state index in [4.69, 9.17) is 4.74 Å². The number of esters is 1. The molecule has 1 aliphatic carbocycles. The van der Waals surface area contributed by atoms with Crippen molar-refractivity contribution in [2.24, 2.45) is 11.3 Å². The summed E-state index contributed by atoms with van der Waals surface area (Å²) in [7, 11) is 1.37. The first kappa shape index (κ1) is 12.5. The van der Waals surface area contributed by atoms with Gasteiger partial charge in [0.2, 0.25) is 0 Å². The third-order valence-corrected chi connectivity index (χ3v) is 3.55. The van der Waals surface area contributed by atoms with Crippen LogP contribution in [0.2, 0.25) is 0 Å². The Labute approximate surface area is 91.8 Å². The van der Waals surface area contributed by atoms with E-state index < -0.39 is 11.5 Å². The lowest BCUT2D eigenvalue weighted by Gasteiger charge is -2.35. The number of hydrogen-bond donors (Lipinski definition) is 1. The first-order valence-electron chi connectivity index (χ1n) is 5.76. The molecule has 1 fully saturated rings. The topological polar surface area (TPSA) is 46.5 Å². The van der Waals surface area contributed by atoms with Crippen molar-refractivity contribution in [2.75, 3.05) is 7.11 Å². The van der Waals surface area contributed by atoms with E-state index in [0.717, 1.165) is 12.8 Å². The first-order valence-corrected chi connectivity index (χ1v) is 5.76. The smallest absolute Gasteiger partial charge is 0.313 e. The summed E-state index contributed by atoms with van der Waals surface area (Å²) in [6, 6.07) is 0. The quantitative estimate of drug-likeness (QED) is 0.732. The minimum Gasteiger partial charge on any atom is -0.469 e. The summed E-state index contributed by atoms with van der Waals surface area (Å²) in [5, 5.41) is 10.2. The highest BCUT2D eigenvalue weighted by molar-refractivity contribution is 5.76. The van der Waals surface area contributed by atoms with Crippen LogP contribution in [0.1, 0.15) is 46.0 Å². The summed E-state index contributed by atoms with van der Waals surface area (Å²) in [6.07, 6.45) is 5.06. The zero-order chi connectivity index (χ0) is 11.5. The second kappa shape index (κ2) is 4.97. The number of carbonyl (C=O) groups excluding carboxylic acids is 1. The van der Waals surface area contributed by atoms with Crippen LogP contribution in [0.5, 0.6) is 0 Å². The molecule has 0 amide bonds. The Morgan fingerprint density at radius 3 is 2.33 bits per heavy atom. The van der Waals surface area contributed by atoms with Gasteiger partial charge in [0.05, 0.1) is 18.6 Å². The minimum absolute atomic E-state index is 0.257. The highest BCUT2D eigenvalue weighted by Gasteiger charge is 2.41. The Kier molecular flexibility index (Phi) is 4.14. The van der Waals surface area contributed by atoms with Crippen LogP contribution < -0.4 is 0 Å². The van der Waals surface area contributed by atoms with Crippen LogP contribution in [0, 0.1) is 11.3 Å². The molecule has 0 aromatic carbocycles. The van der Waals surface area contributed by atoms with Gasteiger partial charge in [-0.15, -0.1) is 0 Å². The normalized spacial score (nSPS) is 21.1. The first-order chi connectivity index (χ1) is 7.00. The Bertz CT molecular complexity index is 217. The molecule has 15 heavy (non-hydrogen) atoms. The van der Waals surface area contributed by atoms with Crippen molar-refractivity contribution in [3.05, 3.63) is 0 Å². The Morgan fingerprint density at radius 1 is 1.33 bits per heavy atom. The van der Waals surface area contributed by atoms with Gasteiger partial charge in [-0.25, -0.2) is 0 Å². The number of ether oxygens (including phenoxy) is 1. The van der Waals surface area contributed by atoms with Crippen molar-refractivity contribution in [3.8, 4) is 0 Å². The monoisotopic (exact) mass is 214 g/mol. The van der Waals surface area contributed by atoms with Crippen LogP contribution in [-0.2, 0) is 9.53 Å². The molecule has 1 saturated carbocycles. The van der Waals surface area contributed by atoms with Crippen molar-refractivity contribution in [1.29, 1.82) is 0 Å². The van der Waals surface area contributed by atoms with Crippen LogP contribution in [-0.4, -0.2) is 24.3 Å². The van der Waals surface area contributed by atoms with Gasteiger partial charge in [-0.2, -0.15) is 0 Å². The van der Waals surface area contributed by atoms with E-state index in [1.807, 2.05) is 0 Å². The maximum Gasteiger partial charge on any atom is 0.313 e. The van der Waals surface area contributed by atoms with Gasteiger partial charge in [0.25, 0.3) is 0 Å². The summed E-state index contributed by atoms with van der Waals surface area (Å²) in [5.74, 6) is -0.0616. The zero-order valence-electron chi connectivity index (χ0n) is 9.95. The molecule has 1 unspecified atom stereocenters. The predicted molar refractivity (Wildman–Crippen MR) is 58.4 cm³/mol. The standard InChI is InChI=1S/C12H22O3/c1-12(2,11(14)15-3)10(13)9-7-5-4-6-8-9/h9-10,13H,4-8H2,1-3H3. The van der Waals surface area contributed by atoms with Gasteiger partial charge >= 0.3 is 5.97 Å². The number of rotatable bonds is 3. The molecule has 1 aliphatic rings. The largest absolute Gasteiger partial charge is 0.469 e. The van der Waals surface area contributed by atoms with Gasteiger partial charge in [0.1, 0.15) is 0 Å². The van der Waals surface area contributed by atoms with Gasteiger partial charge in [0, 0.05) is 0 Å². The second-order valence-corrected chi connectivity index (χ2v) is 5.06. The van der Waals surface area contributed by atoms with Gasteiger partial charge < -0.3 is 9.84 Å². The van der Waals surface area contributed by atoms with Crippen molar-refractivity contribution in [2.45, 2.75) is 52.1 Å². The SMILES string of the molecule is COC(=O)C(C)(C)C(O)C1CCCCC1. The van der Waals surface area contributed by atoms with E-state index in [9.17, 15) is 9.90 Å². The highest BCUT2D eigenvalue weighted by atomic mass is 16.5. The lowest BCUT2D eigenvalue weighted by atomic mass is 9.74. The summed E-state index contributed by atoms with van der Waals surface area (Å²) >= 11 is 0. The molecule has 0 aliphatic heterocycles. The fourth-order valence-electron chi connectivity index (χ4n) is 2.42. The number of aliphatic hydroxyl groups excluding tert-OH is 1. The van der Waals surface area contributed by atoms with E-state index in [0.29, 0.717) is 0 Å². The second-order valence-electron chi connectivity index (χ2n) is 5.06. The number of methoxy groups -OCH3 is 1. The molecule has 1 atom stereocenters. The molecule has 3 heteroatoms. The van der Waals surface area contributed by atoms with Crippen LogP contribution in [0.25, 0.3) is 0 Å². The average molecular weight is 214 g/mol. The fraction of sp³-hybridized carbons (Fsp3) is 0.917. The van der Waals surface area contributed by atoms with Crippen LogP contribution >= 0.6 is 0 Å². The van der Waals surface area contributed by atoms with E-state index >= 15 is 0 Å². The molecule has 1 N–H and O–H groups in total. The van der Waals surface area contributed by atoms with Crippen molar-refractivity contribution in [1.82, 2.24) is 0 Å². The Balaban J connectivity index is 2.64. The molecular formula is C12H22O3. The fourth-order valence-corrected chi connectivity index (χ4v) is 2.42. The molecule has 0 spiro atoms. The summed E-state index contributed by atoms with van der Waals surface area (Å²) in [5.41, 5.74) is -0.781. The molecule has 0 bridgehead atoms. The molecule has 0 aromatic heterocycles. The minimum atomic E-state index is -0.781. The van der Waals surface area contributed by atoms with Gasteiger partial charge in [-0.3, -0.25) is 4.79 Å². The molecular weight excluding hydrogens is 192 g/mol. The van der Waals surface area contributed by atoms with E-state index in [1.54, 1.807) is 13.8 Å². The lowest BCUT2D eigenvalue weighted by Crippen LogP contribution is -2.43. The van der Waals surface area contributed by atoms with Gasteiger partial charge in [0.15, 0.2) is 0 Å². The molecule has 0 saturated heterocycles. The van der Waals surface area contributed by atoms with Crippen molar-refractivity contribution in [3.63, 3.8) is 0 Å². The zero-order valence-corrected chi connectivity index (χ0v) is 9.95. The lowest BCUT2D eigenvalue weighted by molar-refractivity contribution is -0.160. The summed E-state index contributed by atoms with van der Waals surface area (Å²) in [6.45, 7) is 3.52. The maximum absolute atomic E-state index is 11.5. The van der Waals surface area contributed by atoms with Crippen LogP contribution in [0.3, 0.4) is 0 Å². The predicted octanol–water partition coefficient (Wildman–Crippen LogP) is 2.13. The molecule has 88 valence electrons. The van der Waals surface area contributed by atoms with Crippen LogP contribution in [0.4, 0.5) is 0 Å². The Hall–Kier alpha value is -0.570. The van der Waals surface area contributed by atoms with Crippen molar-refractivity contribution >= 4 is 5.97 Å². The molecule has 1 rings (SSSR count). The number of hydrogen-bond acceptors (Lipinski definition) is 3. The summed E-state index contributed by atoms with van der Waals surface area (Å²) in [4.78, 5) is 11.5. The average Bonchev–Trinajstić information content (AvgIpc) is 2.28. The molecule has 3 nitrogen and oxygen atoms in total. The number of aliphatic hydroxyl groups is 1. The third-order valence-electron chi connectivity index (χ3n) is 3.55. The number of carbonyl (C=O) groups is 1. The molecule has 0 heterocycles. The summed E-state index contributed by atoms with van der Waals surface area (Å²) < 4.78 is 4.73. The Morgan fingerprint density at radius 2 is 1.87 bits per heavy atom. The van der Waals surface area contributed by atoms with Gasteiger partial charge in [-0.05, 0) is 32.6 Å². The third kappa shape index (κ3) is 2.71. The van der Waals surface area contributed by atoms with E-state index in [-0.39, 0.29) is 11.9 Å². The highest BCUT2D eigenvalue weighted by Crippen LogP contribution is 2.35. The van der Waals surface area contributed by atoms with Crippen LogP contribution in [0.15, 0.2) is 0 Å². The molecule has 0 radical (unpaired) electrons. The van der Waals surface area contributed by atoms with E-state index in [1.165, 1.54) is 26.4 Å². The van der Waals surface area contributed by atoms with Crippen molar-refractivity contribution < 1.29 is 14.6 Å². The van der Waals surface area contributed by atoms with Gasteiger partial charge in [-0.1, -0.05) is 19.3 Å².